The fourth-order valence-electron chi connectivity index (χ4n) is 3.76. The minimum absolute atomic E-state index is 0.00892. The number of carbonyl (C=O) groups is 1. The van der Waals surface area contributed by atoms with Crippen molar-refractivity contribution in [1.29, 1.82) is 0 Å². The predicted octanol–water partition coefficient (Wildman–Crippen LogP) is 4.66. The first-order valence-electron chi connectivity index (χ1n) is 9.19. The zero-order valence-electron chi connectivity index (χ0n) is 15.2. The summed E-state index contributed by atoms with van der Waals surface area (Å²) in [6.45, 7) is 3.20. The Bertz CT molecular complexity index is 857. The van der Waals surface area contributed by atoms with Crippen LogP contribution in [-0.4, -0.2) is 39.9 Å². The van der Waals surface area contributed by atoms with Crippen molar-refractivity contribution in [3.63, 3.8) is 0 Å². The summed E-state index contributed by atoms with van der Waals surface area (Å²) >= 11 is 6.34. The molecular formula is C18H20ClF3N4O2. The number of piperidine rings is 1. The Hall–Kier alpha value is -2.16. The topological polar surface area (TPSA) is 63.3 Å². The molecule has 1 saturated heterocycles. The third-order valence-electron chi connectivity index (χ3n) is 5.46. The van der Waals surface area contributed by atoms with E-state index in [1.54, 1.807) is 17.0 Å². The summed E-state index contributed by atoms with van der Waals surface area (Å²) in [7, 11) is 0. The number of hydrogen-bond acceptors (Lipinski definition) is 4. The molecule has 4 rings (SSSR count). The van der Waals surface area contributed by atoms with E-state index in [0.717, 1.165) is 17.5 Å². The molecule has 1 N–H and O–H groups in total. The van der Waals surface area contributed by atoms with Crippen molar-refractivity contribution < 1.29 is 22.4 Å². The highest BCUT2D eigenvalue weighted by molar-refractivity contribution is 6.36. The first kappa shape index (κ1) is 19.2. The van der Waals surface area contributed by atoms with Crippen molar-refractivity contribution in [2.45, 2.75) is 44.4 Å². The van der Waals surface area contributed by atoms with Crippen LogP contribution < -0.4 is 5.32 Å². The molecule has 0 aliphatic carbocycles. The number of alkyl halides is 3. The summed E-state index contributed by atoms with van der Waals surface area (Å²) in [4.78, 5) is 14.5. The molecule has 0 spiro atoms. The van der Waals surface area contributed by atoms with Crippen molar-refractivity contribution in [1.82, 2.24) is 14.7 Å². The Labute approximate surface area is 164 Å². The summed E-state index contributed by atoms with van der Waals surface area (Å²) in [5.41, 5.74) is -0.145. The molecule has 2 aromatic heterocycles. The van der Waals surface area contributed by atoms with E-state index in [-0.39, 0.29) is 23.0 Å². The summed E-state index contributed by atoms with van der Waals surface area (Å²) in [5.74, 6) is 0.442. The number of amides is 1. The van der Waals surface area contributed by atoms with E-state index in [9.17, 15) is 18.0 Å². The Kier molecular flexibility index (Phi) is 4.81. The number of carbonyl (C=O) groups excluding carboxylic acids is 1. The Morgan fingerprint density at radius 2 is 2.07 bits per heavy atom. The van der Waals surface area contributed by atoms with Crippen LogP contribution in [-0.2, 0) is 0 Å². The fourth-order valence-corrected chi connectivity index (χ4v) is 4.02. The molecule has 0 aromatic carbocycles. The van der Waals surface area contributed by atoms with Crippen molar-refractivity contribution in [2.24, 2.45) is 5.92 Å². The average molecular weight is 417 g/mol. The number of likely N-dealkylation sites (tertiary alicyclic amines) is 1. The lowest BCUT2D eigenvalue weighted by molar-refractivity contribution is -0.174. The van der Waals surface area contributed by atoms with Crippen LogP contribution in [0, 0.1) is 5.92 Å². The van der Waals surface area contributed by atoms with E-state index in [0.29, 0.717) is 24.8 Å². The quantitative estimate of drug-likeness (QED) is 0.773. The molecule has 6 nitrogen and oxygen atoms in total. The van der Waals surface area contributed by atoms with Crippen LogP contribution in [0.5, 0.6) is 0 Å². The molecule has 2 aliphatic rings. The van der Waals surface area contributed by atoms with Gasteiger partial charge in [-0.1, -0.05) is 18.5 Å². The van der Waals surface area contributed by atoms with Gasteiger partial charge >= 0.3 is 6.18 Å². The van der Waals surface area contributed by atoms with E-state index < -0.39 is 24.2 Å². The maximum atomic E-state index is 13.7. The monoisotopic (exact) mass is 416 g/mol. The number of hydrogen-bond donors (Lipinski definition) is 1. The summed E-state index contributed by atoms with van der Waals surface area (Å²) in [5, 5.41) is 6.86. The molecule has 1 amide bonds. The zero-order valence-corrected chi connectivity index (χ0v) is 15.9. The summed E-state index contributed by atoms with van der Waals surface area (Å²) < 4.78 is 47.2. The number of fused-ring (bicyclic) bond motifs is 1. The van der Waals surface area contributed by atoms with Crippen LogP contribution in [0.25, 0.3) is 0 Å². The van der Waals surface area contributed by atoms with Gasteiger partial charge in [0, 0.05) is 19.5 Å². The molecule has 1 fully saturated rings. The van der Waals surface area contributed by atoms with E-state index in [1.165, 1.54) is 6.26 Å². The van der Waals surface area contributed by atoms with Gasteiger partial charge in [-0.3, -0.25) is 4.79 Å². The molecule has 2 aromatic rings. The van der Waals surface area contributed by atoms with Crippen molar-refractivity contribution in [3.8, 4) is 0 Å². The molecule has 0 saturated carbocycles. The largest absolute Gasteiger partial charge is 0.467 e. The minimum Gasteiger partial charge on any atom is -0.467 e. The van der Waals surface area contributed by atoms with Gasteiger partial charge in [-0.05, 0) is 30.9 Å². The van der Waals surface area contributed by atoms with Gasteiger partial charge in [-0.2, -0.15) is 18.3 Å². The number of rotatable bonds is 2. The second kappa shape index (κ2) is 7.02. The number of furan rings is 1. The third-order valence-corrected chi connectivity index (χ3v) is 5.81. The van der Waals surface area contributed by atoms with Gasteiger partial charge in [0.1, 0.15) is 16.6 Å². The van der Waals surface area contributed by atoms with Crippen LogP contribution in [0.15, 0.2) is 22.8 Å². The van der Waals surface area contributed by atoms with Gasteiger partial charge in [-0.15, -0.1) is 0 Å². The Morgan fingerprint density at radius 3 is 2.68 bits per heavy atom. The lowest BCUT2D eigenvalue weighted by Crippen LogP contribution is -2.38. The van der Waals surface area contributed by atoms with Gasteiger partial charge in [0.05, 0.1) is 12.3 Å². The molecule has 0 bridgehead atoms. The smallest absolute Gasteiger partial charge is 0.410 e. The van der Waals surface area contributed by atoms with E-state index in [4.69, 9.17) is 16.0 Å². The van der Waals surface area contributed by atoms with Gasteiger partial charge in [0.2, 0.25) is 0 Å². The third kappa shape index (κ3) is 3.36. The molecule has 152 valence electrons. The lowest BCUT2D eigenvalue weighted by Gasteiger charge is -2.32. The van der Waals surface area contributed by atoms with Crippen LogP contribution in [0.2, 0.25) is 5.02 Å². The second-order valence-corrected chi connectivity index (χ2v) is 7.81. The molecule has 28 heavy (non-hydrogen) atoms. The van der Waals surface area contributed by atoms with Gasteiger partial charge < -0.3 is 14.6 Å². The van der Waals surface area contributed by atoms with Gasteiger partial charge in [-0.25, -0.2) is 4.68 Å². The van der Waals surface area contributed by atoms with E-state index >= 15 is 0 Å². The van der Waals surface area contributed by atoms with E-state index in [2.05, 4.69) is 17.3 Å². The SMILES string of the molecule is CC1CCN(C(=O)c2nn3c(c2Cl)N[C@H](c2ccco2)C[C@@H]3C(F)(F)F)CC1. The lowest BCUT2D eigenvalue weighted by atomic mass is 9.99. The normalized spacial score (nSPS) is 23.4. The summed E-state index contributed by atoms with van der Waals surface area (Å²) in [6.07, 6.45) is -1.75. The highest BCUT2D eigenvalue weighted by atomic mass is 35.5. The molecule has 2 atom stereocenters. The Morgan fingerprint density at radius 1 is 1.36 bits per heavy atom. The number of halogens is 4. The Balaban J connectivity index is 1.69. The van der Waals surface area contributed by atoms with Crippen molar-refractivity contribution >= 4 is 23.3 Å². The molecular weight excluding hydrogens is 397 g/mol. The van der Waals surface area contributed by atoms with Crippen LogP contribution in [0.4, 0.5) is 19.0 Å². The molecule has 4 heterocycles. The van der Waals surface area contributed by atoms with Gasteiger partial charge in [0.15, 0.2) is 11.7 Å². The fraction of sp³-hybridized carbons (Fsp3) is 0.556. The molecule has 0 radical (unpaired) electrons. The number of anilines is 1. The average Bonchev–Trinajstić information content (AvgIpc) is 3.29. The van der Waals surface area contributed by atoms with Crippen LogP contribution in [0.3, 0.4) is 0 Å². The van der Waals surface area contributed by atoms with Gasteiger partial charge in [0.25, 0.3) is 5.91 Å². The summed E-state index contributed by atoms with van der Waals surface area (Å²) in [6, 6.07) is 0.590. The predicted molar refractivity (Wildman–Crippen MR) is 96.3 cm³/mol. The molecule has 10 heteroatoms. The maximum absolute atomic E-state index is 13.7. The highest BCUT2D eigenvalue weighted by Crippen LogP contribution is 2.46. The van der Waals surface area contributed by atoms with Crippen LogP contribution >= 0.6 is 11.6 Å². The first-order chi connectivity index (χ1) is 13.3. The van der Waals surface area contributed by atoms with Crippen LogP contribution in [0.1, 0.15) is 54.5 Å². The standard InChI is InChI=1S/C18H20ClF3N4O2/c1-10-4-6-25(7-5-10)17(27)15-14(19)16-23-11(12-3-2-8-28-12)9-13(18(20,21)22)26(16)24-15/h2-3,8,10-11,13,23H,4-7,9H2,1H3/t11-,13+/m0/s1. The second-order valence-electron chi connectivity index (χ2n) is 7.44. The zero-order chi connectivity index (χ0) is 20.1. The van der Waals surface area contributed by atoms with E-state index in [1.807, 2.05) is 0 Å². The highest BCUT2D eigenvalue weighted by Gasteiger charge is 2.48. The number of nitrogens with one attached hydrogen (secondary N) is 1. The van der Waals surface area contributed by atoms with Crippen molar-refractivity contribution in [2.75, 3.05) is 18.4 Å². The van der Waals surface area contributed by atoms with Crippen molar-refractivity contribution in [3.05, 3.63) is 34.9 Å². The molecule has 2 aliphatic heterocycles. The maximum Gasteiger partial charge on any atom is 0.410 e. The first-order valence-corrected chi connectivity index (χ1v) is 9.57. The number of nitrogens with zero attached hydrogens (tertiary/aromatic N) is 3. The minimum atomic E-state index is -4.54. The molecule has 0 unspecified atom stereocenters. The number of aromatic nitrogens is 2.